The molecular formula is C15H14N4O3. The molecule has 112 valence electrons. The predicted molar refractivity (Wildman–Crippen MR) is 81.7 cm³/mol. The minimum Gasteiger partial charge on any atom is -0.267 e. The molecule has 0 aliphatic heterocycles. The largest absolute Gasteiger partial charge is 0.272 e. The van der Waals surface area contributed by atoms with E-state index in [4.69, 9.17) is 0 Å². The predicted octanol–water partition coefficient (Wildman–Crippen LogP) is 2.45. The van der Waals surface area contributed by atoms with E-state index in [-0.39, 0.29) is 11.6 Å². The summed E-state index contributed by atoms with van der Waals surface area (Å²) >= 11 is 0. The number of non-ortho nitro benzene ring substituents is 1. The number of pyridine rings is 1. The summed E-state index contributed by atoms with van der Waals surface area (Å²) in [6.45, 7) is 3.54. The number of benzene rings is 1. The van der Waals surface area contributed by atoms with Gasteiger partial charge in [-0.15, -0.1) is 0 Å². The Labute approximate surface area is 126 Å². The lowest BCUT2D eigenvalue weighted by Crippen LogP contribution is -2.19. The fourth-order valence-corrected chi connectivity index (χ4v) is 1.69. The zero-order valence-electron chi connectivity index (χ0n) is 12.1. The third kappa shape index (κ3) is 3.72. The van der Waals surface area contributed by atoms with Crippen molar-refractivity contribution in [3.8, 4) is 0 Å². The molecule has 0 unspecified atom stereocenters. The highest BCUT2D eigenvalue weighted by Gasteiger charge is 2.07. The lowest BCUT2D eigenvalue weighted by atomic mass is 10.1. The van der Waals surface area contributed by atoms with E-state index in [1.165, 1.54) is 18.3 Å². The number of hydrogen-bond donors (Lipinski definition) is 1. The molecule has 1 N–H and O–H groups in total. The van der Waals surface area contributed by atoms with Gasteiger partial charge in [-0.05, 0) is 43.7 Å². The van der Waals surface area contributed by atoms with Gasteiger partial charge in [-0.3, -0.25) is 19.9 Å². The second-order valence-corrected chi connectivity index (χ2v) is 4.63. The number of nitrogens with zero attached hydrogens (tertiary/aromatic N) is 3. The Hall–Kier alpha value is -3.09. The van der Waals surface area contributed by atoms with Crippen LogP contribution >= 0.6 is 0 Å². The van der Waals surface area contributed by atoms with Crippen LogP contribution in [-0.2, 0) is 0 Å². The van der Waals surface area contributed by atoms with Crippen LogP contribution in [0.4, 0.5) is 5.69 Å². The molecular weight excluding hydrogens is 284 g/mol. The quantitative estimate of drug-likeness (QED) is 0.532. The standard InChI is InChI=1S/C15H14N4O3/c1-10-3-4-13(9-16-10)15(20)18-17-11(2)12-5-7-14(8-6-12)19(21)22/h3-9H,1-2H3,(H,18,20)/b17-11+. The van der Waals surface area contributed by atoms with Gasteiger partial charge in [-0.1, -0.05) is 0 Å². The number of hydrazone groups is 1. The number of carbonyl (C=O) groups is 1. The van der Waals surface area contributed by atoms with Crippen molar-refractivity contribution in [3.63, 3.8) is 0 Å². The number of aryl methyl sites for hydroxylation is 1. The van der Waals surface area contributed by atoms with Crippen LogP contribution in [0.15, 0.2) is 47.7 Å². The van der Waals surface area contributed by atoms with Crippen molar-refractivity contribution in [1.29, 1.82) is 0 Å². The summed E-state index contributed by atoms with van der Waals surface area (Å²) in [7, 11) is 0. The van der Waals surface area contributed by atoms with E-state index >= 15 is 0 Å². The summed E-state index contributed by atoms with van der Waals surface area (Å²) in [5, 5.41) is 14.6. The summed E-state index contributed by atoms with van der Waals surface area (Å²) in [6, 6.07) is 9.34. The highest BCUT2D eigenvalue weighted by Crippen LogP contribution is 2.12. The van der Waals surface area contributed by atoms with Gasteiger partial charge in [0.05, 0.1) is 16.2 Å². The Morgan fingerprint density at radius 1 is 1.18 bits per heavy atom. The highest BCUT2D eigenvalue weighted by atomic mass is 16.6. The molecule has 0 bridgehead atoms. The first-order valence-electron chi connectivity index (χ1n) is 6.49. The molecule has 0 aliphatic carbocycles. The molecule has 0 atom stereocenters. The maximum atomic E-state index is 11.9. The molecule has 22 heavy (non-hydrogen) atoms. The van der Waals surface area contributed by atoms with E-state index in [1.54, 1.807) is 31.2 Å². The van der Waals surface area contributed by atoms with Gasteiger partial charge < -0.3 is 0 Å². The number of amides is 1. The zero-order chi connectivity index (χ0) is 16.1. The third-order valence-electron chi connectivity index (χ3n) is 2.99. The van der Waals surface area contributed by atoms with Gasteiger partial charge in [0, 0.05) is 24.0 Å². The van der Waals surface area contributed by atoms with Crippen molar-refractivity contribution >= 4 is 17.3 Å². The number of carbonyl (C=O) groups excluding carboxylic acids is 1. The fraction of sp³-hybridized carbons (Fsp3) is 0.133. The van der Waals surface area contributed by atoms with Gasteiger partial charge in [0.15, 0.2) is 0 Å². The highest BCUT2D eigenvalue weighted by molar-refractivity contribution is 6.00. The number of rotatable bonds is 4. The molecule has 0 radical (unpaired) electrons. The molecule has 2 aromatic rings. The average Bonchev–Trinajstić information content (AvgIpc) is 2.53. The van der Waals surface area contributed by atoms with E-state index in [0.717, 1.165) is 5.69 Å². The van der Waals surface area contributed by atoms with Crippen molar-refractivity contribution in [2.75, 3.05) is 0 Å². The SMILES string of the molecule is C/C(=N\NC(=O)c1ccc(C)nc1)c1ccc([N+](=O)[O-])cc1. The van der Waals surface area contributed by atoms with Gasteiger partial charge in [0.2, 0.25) is 0 Å². The second-order valence-electron chi connectivity index (χ2n) is 4.63. The van der Waals surface area contributed by atoms with Gasteiger partial charge in [0.1, 0.15) is 0 Å². The number of hydrogen-bond acceptors (Lipinski definition) is 5. The maximum absolute atomic E-state index is 11.9. The van der Waals surface area contributed by atoms with Crippen molar-refractivity contribution in [2.24, 2.45) is 5.10 Å². The number of nitro benzene ring substituents is 1. The zero-order valence-corrected chi connectivity index (χ0v) is 12.1. The van der Waals surface area contributed by atoms with Crippen LogP contribution in [-0.4, -0.2) is 21.5 Å². The average molecular weight is 298 g/mol. The van der Waals surface area contributed by atoms with Crippen LogP contribution in [0.25, 0.3) is 0 Å². The summed E-state index contributed by atoms with van der Waals surface area (Å²) in [5.41, 5.74) is 4.90. The van der Waals surface area contributed by atoms with Crippen LogP contribution in [0.3, 0.4) is 0 Å². The molecule has 1 amide bonds. The van der Waals surface area contributed by atoms with Crippen LogP contribution in [0.5, 0.6) is 0 Å². The molecule has 1 aromatic heterocycles. The van der Waals surface area contributed by atoms with Crippen molar-refractivity contribution in [2.45, 2.75) is 13.8 Å². The van der Waals surface area contributed by atoms with Gasteiger partial charge in [0.25, 0.3) is 11.6 Å². The topological polar surface area (TPSA) is 97.5 Å². The molecule has 0 fully saturated rings. The fourth-order valence-electron chi connectivity index (χ4n) is 1.69. The van der Waals surface area contributed by atoms with Gasteiger partial charge in [-0.2, -0.15) is 5.10 Å². The van der Waals surface area contributed by atoms with E-state index in [2.05, 4.69) is 15.5 Å². The Morgan fingerprint density at radius 3 is 2.36 bits per heavy atom. The van der Waals surface area contributed by atoms with Crippen LogP contribution in [0.2, 0.25) is 0 Å². The Balaban J connectivity index is 2.07. The van der Waals surface area contributed by atoms with Gasteiger partial charge >= 0.3 is 0 Å². The maximum Gasteiger partial charge on any atom is 0.272 e. The van der Waals surface area contributed by atoms with Crippen molar-refractivity contribution in [3.05, 3.63) is 69.5 Å². The Kier molecular flexibility index (Phi) is 4.57. The summed E-state index contributed by atoms with van der Waals surface area (Å²) in [5.74, 6) is -0.367. The Morgan fingerprint density at radius 2 is 1.82 bits per heavy atom. The Bertz CT molecular complexity index is 721. The molecule has 7 heteroatoms. The second kappa shape index (κ2) is 6.57. The van der Waals surface area contributed by atoms with E-state index < -0.39 is 4.92 Å². The summed E-state index contributed by atoms with van der Waals surface area (Å²) in [6.07, 6.45) is 1.47. The summed E-state index contributed by atoms with van der Waals surface area (Å²) in [4.78, 5) is 26.0. The minimum atomic E-state index is -0.470. The molecule has 0 saturated carbocycles. The van der Waals surface area contributed by atoms with E-state index in [9.17, 15) is 14.9 Å². The van der Waals surface area contributed by atoms with Crippen molar-refractivity contribution in [1.82, 2.24) is 10.4 Å². The molecule has 0 spiro atoms. The first kappa shape index (κ1) is 15.3. The lowest BCUT2D eigenvalue weighted by molar-refractivity contribution is -0.384. The molecule has 1 aromatic carbocycles. The molecule has 2 rings (SSSR count). The molecule has 0 saturated heterocycles. The first-order valence-corrected chi connectivity index (χ1v) is 6.49. The van der Waals surface area contributed by atoms with Crippen LogP contribution in [0.1, 0.15) is 28.5 Å². The third-order valence-corrected chi connectivity index (χ3v) is 2.99. The van der Waals surface area contributed by atoms with E-state index in [0.29, 0.717) is 16.8 Å². The smallest absolute Gasteiger partial charge is 0.267 e. The first-order chi connectivity index (χ1) is 10.5. The molecule has 7 nitrogen and oxygen atoms in total. The van der Waals surface area contributed by atoms with Crippen molar-refractivity contribution < 1.29 is 9.72 Å². The normalized spacial score (nSPS) is 11.1. The molecule has 1 heterocycles. The summed E-state index contributed by atoms with van der Waals surface area (Å²) < 4.78 is 0. The minimum absolute atomic E-state index is 0.00585. The van der Waals surface area contributed by atoms with Crippen LogP contribution in [0, 0.1) is 17.0 Å². The lowest BCUT2D eigenvalue weighted by Gasteiger charge is -2.03. The number of nitro groups is 1. The molecule has 0 aliphatic rings. The number of aromatic nitrogens is 1. The van der Waals surface area contributed by atoms with E-state index in [1.807, 2.05) is 6.92 Å². The van der Waals surface area contributed by atoms with Crippen LogP contribution < -0.4 is 5.43 Å². The monoisotopic (exact) mass is 298 g/mol. The van der Waals surface area contributed by atoms with Gasteiger partial charge in [-0.25, -0.2) is 5.43 Å². The number of nitrogens with one attached hydrogen (secondary N) is 1.